The van der Waals surface area contributed by atoms with Crippen LogP contribution in [0.2, 0.25) is 0 Å². The topological polar surface area (TPSA) is 63.3 Å². The Balaban J connectivity index is 2.61. The number of rotatable bonds is 3. The van der Waals surface area contributed by atoms with Gasteiger partial charge in [-0.15, -0.1) is 11.6 Å². The van der Waals surface area contributed by atoms with Crippen molar-refractivity contribution >= 4 is 29.2 Å². The first kappa shape index (κ1) is 11.6. The summed E-state index contributed by atoms with van der Waals surface area (Å²) in [6.45, 7) is 0. The minimum Gasteiger partial charge on any atom is -0.480 e. The van der Waals surface area contributed by atoms with E-state index in [0.717, 1.165) is 0 Å². The van der Waals surface area contributed by atoms with Crippen LogP contribution in [0.1, 0.15) is 12.8 Å². The van der Waals surface area contributed by atoms with Crippen molar-refractivity contribution in [3.63, 3.8) is 0 Å². The van der Waals surface area contributed by atoms with Crippen LogP contribution in [0.25, 0.3) is 0 Å². The van der Waals surface area contributed by atoms with Crippen LogP contribution in [0.4, 0.5) is 0 Å². The van der Waals surface area contributed by atoms with Crippen LogP contribution in [0.3, 0.4) is 0 Å². The number of halogens is 2. The molecule has 0 aliphatic heterocycles. The molecule has 5 heteroatoms. The van der Waals surface area contributed by atoms with Gasteiger partial charge in [-0.3, -0.25) is 4.79 Å². The van der Waals surface area contributed by atoms with Gasteiger partial charge in [-0.05, 0) is 18.9 Å². The molecule has 3 nitrogen and oxygen atoms in total. The highest BCUT2D eigenvalue weighted by molar-refractivity contribution is 6.32. The van der Waals surface area contributed by atoms with Gasteiger partial charge in [0.2, 0.25) is 0 Å². The summed E-state index contributed by atoms with van der Waals surface area (Å²) in [5, 5.41) is 9.25. The Morgan fingerprint density at radius 3 is 2.86 bits per heavy atom. The van der Waals surface area contributed by atoms with E-state index in [1.54, 1.807) is 18.2 Å². The van der Waals surface area contributed by atoms with Crippen molar-refractivity contribution in [1.82, 2.24) is 0 Å². The lowest BCUT2D eigenvalue weighted by atomic mass is 9.92. The number of alkyl halides is 1. The average molecular weight is 236 g/mol. The monoisotopic (exact) mass is 235 g/mol. The van der Waals surface area contributed by atoms with Crippen molar-refractivity contribution in [2.45, 2.75) is 23.8 Å². The number of allylic oxidation sites excluding steroid dienone is 4. The third kappa shape index (κ3) is 3.01. The summed E-state index contributed by atoms with van der Waals surface area (Å²) >= 11 is 11.9. The molecule has 0 spiro atoms. The molecule has 78 valence electrons. The molecule has 0 saturated heterocycles. The summed E-state index contributed by atoms with van der Waals surface area (Å²) in [7, 11) is 0. The lowest BCUT2D eigenvalue weighted by Gasteiger charge is -2.26. The number of aliphatic carboxylic acids is 1. The fraction of sp³-hybridized carbons (Fsp3) is 0.444. The van der Waals surface area contributed by atoms with E-state index in [4.69, 9.17) is 34.0 Å². The Morgan fingerprint density at radius 1 is 1.79 bits per heavy atom. The fourth-order valence-corrected chi connectivity index (χ4v) is 1.68. The van der Waals surface area contributed by atoms with Gasteiger partial charge in [-0.1, -0.05) is 23.8 Å². The van der Waals surface area contributed by atoms with Crippen molar-refractivity contribution in [1.29, 1.82) is 0 Å². The second-order valence-electron chi connectivity index (χ2n) is 3.31. The molecule has 2 unspecified atom stereocenters. The number of hydrogen-bond donors (Lipinski definition) is 2. The maximum absolute atomic E-state index is 10.5. The summed E-state index contributed by atoms with van der Waals surface area (Å²) in [5.74, 6) is -1.04. The van der Waals surface area contributed by atoms with E-state index in [9.17, 15) is 4.79 Å². The molecule has 0 amide bonds. The highest BCUT2D eigenvalue weighted by Gasteiger charge is 2.30. The van der Waals surface area contributed by atoms with E-state index >= 15 is 0 Å². The standard InChI is InChI=1S/C9H11Cl2NO2/c10-6-1-3-9(11,4-2-6)5-7(12)8(13)14/h1-3,7H,4-5,12H2,(H,13,14). The maximum atomic E-state index is 10.5. The molecule has 1 aliphatic carbocycles. The van der Waals surface area contributed by atoms with E-state index in [-0.39, 0.29) is 6.42 Å². The third-order valence-corrected chi connectivity index (χ3v) is 2.77. The lowest BCUT2D eigenvalue weighted by molar-refractivity contribution is -0.138. The van der Waals surface area contributed by atoms with Crippen LogP contribution >= 0.6 is 23.2 Å². The normalized spacial score (nSPS) is 28.4. The minimum atomic E-state index is -1.04. The number of carboxylic acids is 1. The molecule has 1 aliphatic rings. The first-order chi connectivity index (χ1) is 6.43. The summed E-state index contributed by atoms with van der Waals surface area (Å²) < 4.78 is 0. The van der Waals surface area contributed by atoms with Gasteiger partial charge < -0.3 is 10.8 Å². The van der Waals surface area contributed by atoms with E-state index in [0.29, 0.717) is 11.5 Å². The van der Waals surface area contributed by atoms with Crippen LogP contribution < -0.4 is 5.73 Å². The minimum absolute atomic E-state index is 0.195. The van der Waals surface area contributed by atoms with Crippen LogP contribution in [0.15, 0.2) is 23.3 Å². The van der Waals surface area contributed by atoms with Crippen molar-refractivity contribution in [3.8, 4) is 0 Å². The SMILES string of the molecule is NC(CC1(Cl)C=CC(Cl)=CC1)C(=O)O. The predicted molar refractivity (Wildman–Crippen MR) is 56.5 cm³/mol. The zero-order valence-electron chi connectivity index (χ0n) is 7.41. The lowest BCUT2D eigenvalue weighted by Crippen LogP contribution is -2.37. The molecule has 0 radical (unpaired) electrons. The largest absolute Gasteiger partial charge is 0.480 e. The van der Waals surface area contributed by atoms with Crippen LogP contribution in [-0.2, 0) is 4.79 Å². The highest BCUT2D eigenvalue weighted by atomic mass is 35.5. The highest BCUT2D eigenvalue weighted by Crippen LogP contribution is 2.32. The summed E-state index contributed by atoms with van der Waals surface area (Å²) in [6.07, 6.45) is 5.81. The molecule has 0 aromatic carbocycles. The van der Waals surface area contributed by atoms with Crippen LogP contribution in [0, 0.1) is 0 Å². The van der Waals surface area contributed by atoms with Crippen molar-refractivity contribution < 1.29 is 9.90 Å². The van der Waals surface area contributed by atoms with Crippen LogP contribution in [0.5, 0.6) is 0 Å². The van der Waals surface area contributed by atoms with Gasteiger partial charge in [-0.2, -0.15) is 0 Å². The Labute approximate surface area is 92.2 Å². The first-order valence-corrected chi connectivity index (χ1v) is 4.91. The van der Waals surface area contributed by atoms with E-state index < -0.39 is 16.9 Å². The third-order valence-electron chi connectivity index (χ3n) is 2.05. The molecule has 2 atom stereocenters. The predicted octanol–water partition coefficient (Wildman–Crippen LogP) is 1.85. The molecule has 0 aromatic rings. The van der Waals surface area contributed by atoms with Crippen molar-refractivity contribution in [2.24, 2.45) is 5.73 Å². The van der Waals surface area contributed by atoms with Crippen LogP contribution in [-0.4, -0.2) is 22.0 Å². The summed E-state index contributed by atoms with van der Waals surface area (Å²) in [6, 6.07) is -0.942. The van der Waals surface area contributed by atoms with E-state index in [1.807, 2.05) is 0 Å². The first-order valence-electron chi connectivity index (χ1n) is 4.15. The molecule has 0 heterocycles. The second kappa shape index (κ2) is 4.34. The second-order valence-corrected chi connectivity index (χ2v) is 4.50. The summed E-state index contributed by atoms with van der Waals surface area (Å²) in [4.78, 5) is 9.82. The van der Waals surface area contributed by atoms with Gasteiger partial charge in [-0.25, -0.2) is 0 Å². The Kier molecular flexibility index (Phi) is 3.59. The Morgan fingerprint density at radius 2 is 2.43 bits per heavy atom. The molecular formula is C9H11Cl2NO2. The maximum Gasteiger partial charge on any atom is 0.320 e. The van der Waals surface area contributed by atoms with E-state index in [2.05, 4.69) is 0 Å². The van der Waals surface area contributed by atoms with Gasteiger partial charge in [0.1, 0.15) is 6.04 Å². The molecule has 0 bridgehead atoms. The van der Waals surface area contributed by atoms with Gasteiger partial charge >= 0.3 is 5.97 Å². The quantitative estimate of drug-likeness (QED) is 0.735. The van der Waals surface area contributed by atoms with Gasteiger partial charge in [0.15, 0.2) is 0 Å². The van der Waals surface area contributed by atoms with Crippen molar-refractivity contribution in [3.05, 3.63) is 23.3 Å². The molecule has 0 fully saturated rings. The molecule has 0 saturated carbocycles. The molecule has 1 rings (SSSR count). The molecular weight excluding hydrogens is 225 g/mol. The molecule has 3 N–H and O–H groups in total. The number of nitrogens with two attached hydrogens (primary N) is 1. The smallest absolute Gasteiger partial charge is 0.320 e. The zero-order chi connectivity index (χ0) is 10.8. The fourth-order valence-electron chi connectivity index (χ4n) is 1.24. The van der Waals surface area contributed by atoms with Crippen molar-refractivity contribution in [2.75, 3.05) is 0 Å². The van der Waals surface area contributed by atoms with Gasteiger partial charge in [0.05, 0.1) is 4.87 Å². The Hall–Kier alpha value is -0.510. The number of carbonyl (C=O) groups is 1. The van der Waals surface area contributed by atoms with E-state index in [1.165, 1.54) is 0 Å². The zero-order valence-corrected chi connectivity index (χ0v) is 8.92. The average Bonchev–Trinajstić information content (AvgIpc) is 2.10. The molecule has 14 heavy (non-hydrogen) atoms. The molecule has 0 aromatic heterocycles. The summed E-state index contributed by atoms with van der Waals surface area (Å²) in [5.41, 5.74) is 5.40. The number of hydrogen-bond acceptors (Lipinski definition) is 2. The Bertz CT molecular complexity index is 301. The van der Waals surface area contributed by atoms with Gasteiger partial charge in [0.25, 0.3) is 0 Å². The van der Waals surface area contributed by atoms with Gasteiger partial charge in [0, 0.05) is 5.03 Å². The number of carboxylic acid groups (broad SMARTS) is 1.